The molecule has 16 heavy (non-hydrogen) atoms. The summed E-state index contributed by atoms with van der Waals surface area (Å²) in [7, 11) is 0. The van der Waals surface area contributed by atoms with Gasteiger partial charge in [-0.1, -0.05) is 6.92 Å². The molecule has 88 valence electrons. The summed E-state index contributed by atoms with van der Waals surface area (Å²) in [5.41, 5.74) is 1.02. The molecule has 0 saturated carbocycles. The molecule has 0 spiro atoms. The van der Waals surface area contributed by atoms with Crippen molar-refractivity contribution in [2.75, 3.05) is 31.2 Å². The second-order valence-corrected chi connectivity index (χ2v) is 3.16. The summed E-state index contributed by atoms with van der Waals surface area (Å²) >= 11 is 0. The fourth-order valence-electron chi connectivity index (χ4n) is 1.36. The zero-order valence-corrected chi connectivity index (χ0v) is 9.14. The van der Waals surface area contributed by atoms with Crippen molar-refractivity contribution >= 4 is 12.2 Å². The van der Waals surface area contributed by atoms with Crippen LogP contribution in [0.5, 0.6) is 0 Å². The molecule has 1 aliphatic rings. The van der Waals surface area contributed by atoms with Crippen molar-refractivity contribution in [1.29, 1.82) is 0 Å². The van der Waals surface area contributed by atoms with E-state index in [0.29, 0.717) is 0 Å². The van der Waals surface area contributed by atoms with E-state index in [-0.39, 0.29) is 6.15 Å². The predicted molar refractivity (Wildman–Crippen MR) is 53.9 cm³/mol. The van der Waals surface area contributed by atoms with Crippen LogP contribution < -0.4 is 4.90 Å². The third-order valence-electron chi connectivity index (χ3n) is 2.18. The molecule has 6 nitrogen and oxygen atoms in total. The quantitative estimate of drug-likeness (QED) is 0.730. The molecular weight excluding hydrogens is 212 g/mol. The van der Waals surface area contributed by atoms with Crippen molar-refractivity contribution in [3.8, 4) is 0 Å². The largest absolute Gasteiger partial charge is 0.432 e. The van der Waals surface area contributed by atoms with Gasteiger partial charge in [0.25, 0.3) is 6.01 Å². The lowest BCUT2D eigenvalue weighted by atomic mass is 10.4. The number of oxazole rings is 1. The molecule has 0 aliphatic carbocycles. The molecule has 0 N–H and O–H groups in total. The van der Waals surface area contributed by atoms with Crippen LogP contribution >= 0.6 is 0 Å². The molecular formula is C10H14N2O4. The van der Waals surface area contributed by atoms with Gasteiger partial charge in [0.1, 0.15) is 6.26 Å². The summed E-state index contributed by atoms with van der Waals surface area (Å²) in [4.78, 5) is 22.7. The van der Waals surface area contributed by atoms with E-state index >= 15 is 0 Å². The summed E-state index contributed by atoms with van der Waals surface area (Å²) in [5.74, 6) is 0. The molecule has 1 aromatic heterocycles. The van der Waals surface area contributed by atoms with Crippen LogP contribution in [-0.4, -0.2) is 37.4 Å². The smallest absolute Gasteiger partial charge is 0.373 e. The van der Waals surface area contributed by atoms with Crippen LogP contribution in [0.25, 0.3) is 0 Å². The van der Waals surface area contributed by atoms with E-state index in [1.807, 2.05) is 0 Å². The Morgan fingerprint density at radius 2 is 2.06 bits per heavy atom. The number of morpholine rings is 1. The highest BCUT2D eigenvalue weighted by molar-refractivity contribution is 5.27. The second-order valence-electron chi connectivity index (χ2n) is 3.16. The van der Waals surface area contributed by atoms with Gasteiger partial charge in [0.2, 0.25) is 0 Å². The topological polar surface area (TPSA) is 72.6 Å². The van der Waals surface area contributed by atoms with Crippen molar-refractivity contribution in [3.63, 3.8) is 0 Å². The van der Waals surface area contributed by atoms with Gasteiger partial charge in [0.05, 0.1) is 18.9 Å². The second kappa shape index (κ2) is 6.76. The average Bonchev–Trinajstić information content (AvgIpc) is 2.80. The van der Waals surface area contributed by atoms with Gasteiger partial charge < -0.3 is 14.1 Å². The molecule has 1 saturated heterocycles. The lowest BCUT2D eigenvalue weighted by molar-refractivity contribution is -0.191. The zero-order chi connectivity index (χ0) is 11.8. The summed E-state index contributed by atoms with van der Waals surface area (Å²) in [6, 6.07) is 0.736. The molecule has 1 aliphatic heterocycles. The molecule has 0 aromatic carbocycles. The number of hydrogen-bond donors (Lipinski definition) is 0. The summed E-state index contributed by atoms with van der Waals surface area (Å²) in [5, 5.41) is 0. The minimum atomic E-state index is 0.250. The zero-order valence-electron chi connectivity index (χ0n) is 9.14. The van der Waals surface area contributed by atoms with Crippen molar-refractivity contribution in [2.45, 2.75) is 13.3 Å². The first-order valence-electron chi connectivity index (χ1n) is 5.08. The van der Waals surface area contributed by atoms with Crippen LogP contribution in [0.3, 0.4) is 0 Å². The SMILES string of the molecule is CCc1coc(N2CCOCC2)n1.O=C=O. The number of carbonyl (C=O) groups excluding carboxylic acids is 2. The Labute approximate surface area is 93.2 Å². The van der Waals surface area contributed by atoms with Crippen molar-refractivity contribution in [2.24, 2.45) is 0 Å². The Balaban J connectivity index is 0.000000386. The molecule has 0 atom stereocenters. The minimum absolute atomic E-state index is 0.250. The third-order valence-corrected chi connectivity index (χ3v) is 2.18. The summed E-state index contributed by atoms with van der Waals surface area (Å²) in [6.07, 6.45) is 2.90. The Bertz CT molecular complexity index is 338. The summed E-state index contributed by atoms with van der Waals surface area (Å²) < 4.78 is 10.6. The molecule has 6 heteroatoms. The van der Waals surface area contributed by atoms with Crippen molar-refractivity contribution in [3.05, 3.63) is 12.0 Å². The monoisotopic (exact) mass is 226 g/mol. The minimum Gasteiger partial charge on any atom is -0.432 e. The van der Waals surface area contributed by atoms with Gasteiger partial charge in [-0.2, -0.15) is 14.6 Å². The number of ether oxygens (including phenoxy) is 1. The fourth-order valence-corrected chi connectivity index (χ4v) is 1.36. The van der Waals surface area contributed by atoms with Gasteiger partial charge >= 0.3 is 6.15 Å². The highest BCUT2D eigenvalue weighted by Crippen LogP contribution is 2.14. The van der Waals surface area contributed by atoms with E-state index in [9.17, 15) is 0 Å². The van der Waals surface area contributed by atoms with E-state index in [2.05, 4.69) is 16.8 Å². The highest BCUT2D eigenvalue weighted by Gasteiger charge is 2.15. The van der Waals surface area contributed by atoms with Crippen LogP contribution in [-0.2, 0) is 20.7 Å². The van der Waals surface area contributed by atoms with Crippen LogP contribution in [0, 0.1) is 0 Å². The lowest BCUT2D eigenvalue weighted by Gasteiger charge is -2.24. The van der Waals surface area contributed by atoms with Gasteiger partial charge in [-0.15, -0.1) is 0 Å². The average molecular weight is 226 g/mol. The first-order valence-corrected chi connectivity index (χ1v) is 5.08. The van der Waals surface area contributed by atoms with Crippen LogP contribution in [0.2, 0.25) is 0 Å². The number of nitrogens with zero attached hydrogens (tertiary/aromatic N) is 2. The number of anilines is 1. The Hall–Kier alpha value is -1.65. The standard InChI is InChI=1S/C9H14N2O2.CO2/c1-2-8-7-13-9(10-8)11-3-5-12-6-4-11;2-1-3/h7H,2-6H2,1H3;. The molecule has 0 unspecified atom stereocenters. The van der Waals surface area contributed by atoms with Gasteiger partial charge in [-0.25, -0.2) is 0 Å². The lowest BCUT2D eigenvalue weighted by Crippen LogP contribution is -2.36. The maximum absolute atomic E-state index is 8.12. The van der Waals surface area contributed by atoms with Gasteiger partial charge in [-0.05, 0) is 6.42 Å². The predicted octanol–water partition coefficient (Wildman–Crippen LogP) is 0.490. The van der Waals surface area contributed by atoms with Crippen molar-refractivity contribution in [1.82, 2.24) is 4.98 Å². The normalized spacial score (nSPS) is 14.9. The first-order chi connectivity index (χ1) is 7.81. The van der Waals surface area contributed by atoms with Crippen molar-refractivity contribution < 1.29 is 18.7 Å². The van der Waals surface area contributed by atoms with E-state index in [4.69, 9.17) is 18.7 Å². The van der Waals surface area contributed by atoms with Crippen LogP contribution in [0.1, 0.15) is 12.6 Å². The van der Waals surface area contributed by atoms with Gasteiger partial charge in [0, 0.05) is 13.1 Å². The Morgan fingerprint density at radius 3 is 2.56 bits per heavy atom. The highest BCUT2D eigenvalue weighted by atomic mass is 16.5. The number of aryl methyl sites for hydroxylation is 1. The maximum atomic E-state index is 8.12. The van der Waals surface area contributed by atoms with E-state index in [1.54, 1.807) is 6.26 Å². The third kappa shape index (κ3) is 3.49. The van der Waals surface area contributed by atoms with E-state index < -0.39 is 0 Å². The maximum Gasteiger partial charge on any atom is 0.373 e. The molecule has 0 radical (unpaired) electrons. The number of rotatable bonds is 2. The van der Waals surface area contributed by atoms with Crippen LogP contribution in [0.15, 0.2) is 10.7 Å². The molecule has 1 fully saturated rings. The first kappa shape index (κ1) is 12.4. The number of aromatic nitrogens is 1. The van der Waals surface area contributed by atoms with Crippen LogP contribution in [0.4, 0.5) is 6.01 Å². The van der Waals surface area contributed by atoms with E-state index in [1.165, 1.54) is 0 Å². The van der Waals surface area contributed by atoms with E-state index in [0.717, 1.165) is 44.4 Å². The van der Waals surface area contributed by atoms with Gasteiger partial charge in [0.15, 0.2) is 0 Å². The molecule has 0 bridgehead atoms. The molecule has 0 amide bonds. The molecule has 2 heterocycles. The molecule has 1 aromatic rings. The summed E-state index contributed by atoms with van der Waals surface area (Å²) in [6.45, 7) is 5.36. The number of hydrogen-bond acceptors (Lipinski definition) is 6. The molecule has 2 rings (SSSR count). The van der Waals surface area contributed by atoms with Gasteiger partial charge in [-0.3, -0.25) is 0 Å². The Kier molecular flexibility index (Phi) is 5.25. The fraction of sp³-hybridized carbons (Fsp3) is 0.600. The Morgan fingerprint density at radius 1 is 1.44 bits per heavy atom.